The smallest absolute Gasteiger partial charge is 0.261 e. The van der Waals surface area contributed by atoms with Crippen molar-refractivity contribution in [3.05, 3.63) is 70.5 Å². The molecule has 0 N–H and O–H groups in total. The van der Waals surface area contributed by atoms with Crippen molar-refractivity contribution in [1.29, 1.82) is 0 Å². The van der Waals surface area contributed by atoms with Gasteiger partial charge in [0, 0.05) is 23.3 Å². The van der Waals surface area contributed by atoms with Crippen molar-refractivity contribution < 1.29 is 13.2 Å². The van der Waals surface area contributed by atoms with E-state index >= 15 is 0 Å². The standard InChI is InChI=1S/C15H11ClF3N/c16-13-6-4-11(5-7-13)2-1-3-14-10-12(8-9-20-14)15(17,18)19/h1-2,4-10H,3H2. The zero-order chi connectivity index (χ0) is 14.6. The molecular weight excluding hydrogens is 287 g/mol. The van der Waals surface area contributed by atoms with E-state index in [0.717, 1.165) is 17.7 Å². The fourth-order valence-electron chi connectivity index (χ4n) is 1.66. The number of hydrogen-bond donors (Lipinski definition) is 0. The summed E-state index contributed by atoms with van der Waals surface area (Å²) in [4.78, 5) is 3.93. The Balaban J connectivity index is 2.05. The molecule has 0 unspecified atom stereocenters. The van der Waals surface area contributed by atoms with Gasteiger partial charge >= 0.3 is 6.18 Å². The van der Waals surface area contributed by atoms with E-state index in [1.165, 1.54) is 6.20 Å². The number of aromatic nitrogens is 1. The fourth-order valence-corrected chi connectivity index (χ4v) is 1.78. The molecule has 104 valence electrons. The summed E-state index contributed by atoms with van der Waals surface area (Å²) >= 11 is 5.76. The molecule has 20 heavy (non-hydrogen) atoms. The molecule has 0 aliphatic rings. The predicted octanol–water partition coefficient (Wildman–Crippen LogP) is 5.01. The van der Waals surface area contributed by atoms with Gasteiger partial charge in [-0.05, 0) is 29.8 Å². The second kappa shape index (κ2) is 6.09. The number of rotatable bonds is 3. The SMILES string of the molecule is FC(F)(F)c1ccnc(CC=Cc2ccc(Cl)cc2)c1. The van der Waals surface area contributed by atoms with Crippen LogP contribution >= 0.6 is 11.6 Å². The highest BCUT2D eigenvalue weighted by atomic mass is 35.5. The first-order valence-corrected chi connectivity index (χ1v) is 6.27. The third-order valence-electron chi connectivity index (χ3n) is 2.65. The Morgan fingerprint density at radius 3 is 2.45 bits per heavy atom. The van der Waals surface area contributed by atoms with Crippen LogP contribution in [0.15, 0.2) is 48.7 Å². The number of allylic oxidation sites excluding steroid dienone is 1. The van der Waals surface area contributed by atoms with Crippen LogP contribution in [-0.4, -0.2) is 4.98 Å². The van der Waals surface area contributed by atoms with Gasteiger partial charge in [-0.1, -0.05) is 35.9 Å². The Kier molecular flexibility index (Phi) is 4.45. The molecule has 0 saturated carbocycles. The van der Waals surface area contributed by atoms with Crippen LogP contribution in [0.3, 0.4) is 0 Å². The van der Waals surface area contributed by atoms with E-state index in [4.69, 9.17) is 11.6 Å². The summed E-state index contributed by atoms with van der Waals surface area (Å²) in [7, 11) is 0. The molecule has 0 aliphatic carbocycles. The van der Waals surface area contributed by atoms with E-state index in [2.05, 4.69) is 4.98 Å². The van der Waals surface area contributed by atoms with Gasteiger partial charge in [0.2, 0.25) is 0 Å². The summed E-state index contributed by atoms with van der Waals surface area (Å²) in [5.41, 5.74) is 0.633. The molecule has 0 saturated heterocycles. The molecule has 0 radical (unpaired) electrons. The molecule has 0 spiro atoms. The maximum Gasteiger partial charge on any atom is 0.416 e. The van der Waals surface area contributed by atoms with Crippen molar-refractivity contribution in [2.45, 2.75) is 12.6 Å². The lowest BCUT2D eigenvalue weighted by Crippen LogP contribution is -2.05. The molecule has 1 aromatic heterocycles. The minimum Gasteiger partial charge on any atom is -0.261 e. The van der Waals surface area contributed by atoms with Gasteiger partial charge in [0.1, 0.15) is 0 Å². The molecule has 2 rings (SSSR count). The lowest BCUT2D eigenvalue weighted by molar-refractivity contribution is -0.137. The average Bonchev–Trinajstić information content (AvgIpc) is 2.40. The van der Waals surface area contributed by atoms with E-state index < -0.39 is 11.7 Å². The molecular formula is C15H11ClF3N. The first kappa shape index (κ1) is 14.6. The first-order chi connectivity index (χ1) is 9.45. The topological polar surface area (TPSA) is 12.9 Å². The van der Waals surface area contributed by atoms with Gasteiger partial charge in [-0.25, -0.2) is 0 Å². The van der Waals surface area contributed by atoms with Crippen LogP contribution in [0.1, 0.15) is 16.8 Å². The van der Waals surface area contributed by atoms with Gasteiger partial charge in [-0.2, -0.15) is 13.2 Å². The largest absolute Gasteiger partial charge is 0.416 e. The number of pyridine rings is 1. The second-order valence-electron chi connectivity index (χ2n) is 4.19. The molecule has 0 fully saturated rings. The number of alkyl halides is 3. The lowest BCUT2D eigenvalue weighted by Gasteiger charge is -2.06. The van der Waals surface area contributed by atoms with E-state index in [1.807, 2.05) is 18.2 Å². The molecule has 0 amide bonds. The van der Waals surface area contributed by atoms with Crippen LogP contribution in [0, 0.1) is 0 Å². The molecule has 1 nitrogen and oxygen atoms in total. The lowest BCUT2D eigenvalue weighted by atomic mass is 10.1. The monoisotopic (exact) mass is 297 g/mol. The first-order valence-electron chi connectivity index (χ1n) is 5.89. The zero-order valence-corrected chi connectivity index (χ0v) is 11.1. The Morgan fingerprint density at radius 1 is 1.10 bits per heavy atom. The van der Waals surface area contributed by atoms with Crippen molar-refractivity contribution in [1.82, 2.24) is 4.98 Å². The third kappa shape index (κ3) is 4.10. The average molecular weight is 298 g/mol. The molecule has 2 aromatic rings. The fraction of sp³-hybridized carbons (Fsp3) is 0.133. The Labute approximate surface area is 119 Å². The van der Waals surface area contributed by atoms with Crippen molar-refractivity contribution in [2.75, 3.05) is 0 Å². The van der Waals surface area contributed by atoms with Crippen LogP contribution in [0.25, 0.3) is 6.08 Å². The quantitative estimate of drug-likeness (QED) is 0.776. The van der Waals surface area contributed by atoms with Crippen molar-refractivity contribution in [3.63, 3.8) is 0 Å². The molecule has 1 aromatic carbocycles. The number of hydrogen-bond acceptors (Lipinski definition) is 1. The number of nitrogens with zero attached hydrogens (tertiary/aromatic N) is 1. The van der Waals surface area contributed by atoms with Crippen LogP contribution in [-0.2, 0) is 12.6 Å². The summed E-state index contributed by atoms with van der Waals surface area (Å²) < 4.78 is 37.6. The molecule has 0 atom stereocenters. The summed E-state index contributed by atoms with van der Waals surface area (Å²) in [6, 6.07) is 9.20. The summed E-state index contributed by atoms with van der Waals surface area (Å²) in [5.74, 6) is 0. The van der Waals surface area contributed by atoms with Gasteiger partial charge in [0.15, 0.2) is 0 Å². The number of halogens is 4. The predicted molar refractivity (Wildman–Crippen MR) is 73.4 cm³/mol. The van der Waals surface area contributed by atoms with E-state index in [-0.39, 0.29) is 0 Å². The third-order valence-corrected chi connectivity index (χ3v) is 2.90. The van der Waals surface area contributed by atoms with Crippen molar-refractivity contribution in [3.8, 4) is 0 Å². The Hall–Kier alpha value is -1.81. The maximum absolute atomic E-state index is 12.5. The Bertz CT molecular complexity index is 603. The summed E-state index contributed by atoms with van der Waals surface area (Å²) in [6.07, 6.45) is 0.766. The van der Waals surface area contributed by atoms with Gasteiger partial charge in [-0.3, -0.25) is 4.98 Å². The highest BCUT2D eigenvalue weighted by molar-refractivity contribution is 6.30. The summed E-state index contributed by atoms with van der Waals surface area (Å²) in [6.45, 7) is 0. The van der Waals surface area contributed by atoms with Gasteiger partial charge < -0.3 is 0 Å². The van der Waals surface area contributed by atoms with Crippen LogP contribution in [0.2, 0.25) is 5.02 Å². The highest BCUT2D eigenvalue weighted by Gasteiger charge is 2.30. The minimum atomic E-state index is -4.34. The van der Waals surface area contributed by atoms with Crippen LogP contribution in [0.4, 0.5) is 13.2 Å². The van der Waals surface area contributed by atoms with Crippen LogP contribution in [0.5, 0.6) is 0 Å². The maximum atomic E-state index is 12.5. The van der Waals surface area contributed by atoms with Gasteiger partial charge in [-0.15, -0.1) is 0 Å². The number of benzene rings is 1. The molecule has 1 heterocycles. The molecule has 5 heteroatoms. The van der Waals surface area contributed by atoms with Crippen molar-refractivity contribution in [2.24, 2.45) is 0 Å². The van der Waals surface area contributed by atoms with Gasteiger partial charge in [0.05, 0.1) is 5.56 Å². The highest BCUT2D eigenvalue weighted by Crippen LogP contribution is 2.29. The zero-order valence-electron chi connectivity index (χ0n) is 10.4. The summed E-state index contributed by atoms with van der Waals surface area (Å²) in [5, 5.41) is 0.640. The van der Waals surface area contributed by atoms with E-state index in [0.29, 0.717) is 17.1 Å². The molecule has 0 bridgehead atoms. The van der Waals surface area contributed by atoms with E-state index in [9.17, 15) is 13.2 Å². The Morgan fingerprint density at radius 2 is 1.80 bits per heavy atom. The second-order valence-corrected chi connectivity index (χ2v) is 4.63. The molecule has 0 aliphatic heterocycles. The normalized spacial score (nSPS) is 12.0. The van der Waals surface area contributed by atoms with E-state index in [1.54, 1.807) is 18.2 Å². The minimum absolute atomic E-state index is 0.340. The van der Waals surface area contributed by atoms with Gasteiger partial charge in [0.25, 0.3) is 0 Å². The van der Waals surface area contributed by atoms with Crippen LogP contribution < -0.4 is 0 Å². The van der Waals surface area contributed by atoms with Crippen molar-refractivity contribution >= 4 is 17.7 Å².